The van der Waals surface area contributed by atoms with Crippen LogP contribution in [0.5, 0.6) is 0 Å². The molecule has 114 valence electrons. The summed E-state index contributed by atoms with van der Waals surface area (Å²) in [4.78, 5) is 4.74. The Balaban J connectivity index is 1.92. The van der Waals surface area contributed by atoms with Crippen LogP contribution in [0.25, 0.3) is 17.1 Å². The number of benzene rings is 1. The second kappa shape index (κ2) is 5.32. The fourth-order valence-corrected chi connectivity index (χ4v) is 2.66. The summed E-state index contributed by atoms with van der Waals surface area (Å²) >= 11 is 0. The first-order valence-corrected chi connectivity index (χ1v) is 7.58. The second-order valence-corrected chi connectivity index (χ2v) is 5.64. The average molecular weight is 303 g/mol. The van der Waals surface area contributed by atoms with Crippen LogP contribution in [0.1, 0.15) is 11.3 Å². The van der Waals surface area contributed by atoms with E-state index in [-0.39, 0.29) is 0 Å². The quantitative estimate of drug-likeness (QED) is 0.582. The van der Waals surface area contributed by atoms with Gasteiger partial charge in [0.1, 0.15) is 22.9 Å². The van der Waals surface area contributed by atoms with Crippen molar-refractivity contribution in [3.63, 3.8) is 0 Å². The summed E-state index contributed by atoms with van der Waals surface area (Å²) in [5.74, 6) is 2.55. The molecule has 0 bridgehead atoms. The Morgan fingerprint density at radius 1 is 0.957 bits per heavy atom. The van der Waals surface area contributed by atoms with Gasteiger partial charge in [0.05, 0.1) is 0 Å². The van der Waals surface area contributed by atoms with E-state index in [2.05, 4.69) is 28.9 Å². The molecule has 3 aromatic heterocycles. The number of aryl methyl sites for hydroxylation is 2. The number of pyridine rings is 1. The van der Waals surface area contributed by atoms with Crippen molar-refractivity contribution in [1.82, 2.24) is 9.38 Å². The van der Waals surface area contributed by atoms with E-state index in [0.29, 0.717) is 0 Å². The molecule has 1 N–H and O–H groups in total. The van der Waals surface area contributed by atoms with E-state index < -0.39 is 0 Å². The summed E-state index contributed by atoms with van der Waals surface area (Å²) < 4.78 is 7.86. The SMILES string of the molecule is Cc1ccc2nc(-c3ccc(C)o3)c(Nc3ccccc3)n2c1. The summed E-state index contributed by atoms with van der Waals surface area (Å²) in [5.41, 5.74) is 3.89. The van der Waals surface area contributed by atoms with Gasteiger partial charge < -0.3 is 9.73 Å². The highest BCUT2D eigenvalue weighted by Crippen LogP contribution is 2.32. The number of nitrogens with one attached hydrogen (secondary N) is 1. The number of hydrogen-bond donors (Lipinski definition) is 1. The third-order valence-corrected chi connectivity index (χ3v) is 3.78. The molecule has 0 spiro atoms. The number of rotatable bonds is 3. The molecule has 0 saturated carbocycles. The molecule has 0 radical (unpaired) electrons. The smallest absolute Gasteiger partial charge is 0.156 e. The third kappa shape index (κ3) is 2.48. The minimum absolute atomic E-state index is 0.766. The lowest BCUT2D eigenvalue weighted by Crippen LogP contribution is -1.97. The lowest BCUT2D eigenvalue weighted by molar-refractivity contribution is 0.547. The van der Waals surface area contributed by atoms with E-state index in [1.54, 1.807) is 0 Å². The highest BCUT2D eigenvalue weighted by molar-refractivity contribution is 5.77. The maximum Gasteiger partial charge on any atom is 0.156 e. The molecule has 0 fully saturated rings. The van der Waals surface area contributed by atoms with Crippen molar-refractivity contribution in [2.24, 2.45) is 0 Å². The predicted molar refractivity (Wildman–Crippen MR) is 92.1 cm³/mol. The van der Waals surface area contributed by atoms with Gasteiger partial charge in [0.15, 0.2) is 5.76 Å². The Labute approximate surface area is 134 Å². The minimum atomic E-state index is 0.766. The monoisotopic (exact) mass is 303 g/mol. The number of imidazole rings is 1. The summed E-state index contributed by atoms with van der Waals surface area (Å²) in [6, 6.07) is 18.1. The van der Waals surface area contributed by atoms with Crippen molar-refractivity contribution in [3.8, 4) is 11.5 Å². The van der Waals surface area contributed by atoms with Crippen LogP contribution in [0.4, 0.5) is 11.5 Å². The average Bonchev–Trinajstić information content (AvgIpc) is 3.13. The van der Waals surface area contributed by atoms with Crippen molar-refractivity contribution in [2.45, 2.75) is 13.8 Å². The van der Waals surface area contributed by atoms with Crippen molar-refractivity contribution in [2.75, 3.05) is 5.32 Å². The number of furan rings is 1. The number of nitrogens with zero attached hydrogens (tertiary/aromatic N) is 2. The van der Waals surface area contributed by atoms with Gasteiger partial charge >= 0.3 is 0 Å². The van der Waals surface area contributed by atoms with Crippen LogP contribution in [0.15, 0.2) is 65.2 Å². The highest BCUT2D eigenvalue weighted by atomic mass is 16.3. The Bertz CT molecular complexity index is 967. The summed E-state index contributed by atoms with van der Waals surface area (Å²) in [5, 5.41) is 3.47. The normalized spacial score (nSPS) is 11.0. The molecular formula is C19H17N3O. The Morgan fingerprint density at radius 3 is 2.52 bits per heavy atom. The van der Waals surface area contributed by atoms with Gasteiger partial charge in [-0.15, -0.1) is 0 Å². The van der Waals surface area contributed by atoms with Gasteiger partial charge in [0.25, 0.3) is 0 Å². The summed E-state index contributed by atoms with van der Waals surface area (Å²) in [6.07, 6.45) is 2.08. The first kappa shape index (κ1) is 13.6. The fourth-order valence-electron chi connectivity index (χ4n) is 2.66. The third-order valence-electron chi connectivity index (χ3n) is 3.78. The van der Waals surface area contributed by atoms with Crippen LogP contribution in [-0.2, 0) is 0 Å². The van der Waals surface area contributed by atoms with Crippen molar-refractivity contribution < 1.29 is 4.42 Å². The molecule has 0 amide bonds. The van der Waals surface area contributed by atoms with Gasteiger partial charge in [-0.25, -0.2) is 4.98 Å². The number of fused-ring (bicyclic) bond motifs is 1. The lowest BCUT2D eigenvalue weighted by Gasteiger charge is -2.08. The van der Waals surface area contributed by atoms with Gasteiger partial charge in [0.2, 0.25) is 0 Å². The van der Waals surface area contributed by atoms with Crippen LogP contribution < -0.4 is 5.32 Å². The Morgan fingerprint density at radius 2 is 1.78 bits per heavy atom. The minimum Gasteiger partial charge on any atom is -0.460 e. The topological polar surface area (TPSA) is 42.5 Å². The van der Waals surface area contributed by atoms with Gasteiger partial charge in [-0.1, -0.05) is 24.3 Å². The van der Waals surface area contributed by atoms with Crippen molar-refractivity contribution in [3.05, 3.63) is 72.1 Å². The zero-order valence-electron chi connectivity index (χ0n) is 13.1. The van der Waals surface area contributed by atoms with E-state index in [4.69, 9.17) is 9.40 Å². The molecule has 4 nitrogen and oxygen atoms in total. The molecule has 4 rings (SSSR count). The van der Waals surface area contributed by atoms with Crippen LogP contribution >= 0.6 is 0 Å². The van der Waals surface area contributed by atoms with Crippen LogP contribution in [0.3, 0.4) is 0 Å². The molecule has 0 aliphatic carbocycles. The zero-order chi connectivity index (χ0) is 15.8. The van der Waals surface area contributed by atoms with E-state index >= 15 is 0 Å². The van der Waals surface area contributed by atoms with Crippen molar-refractivity contribution in [1.29, 1.82) is 0 Å². The molecule has 0 saturated heterocycles. The second-order valence-electron chi connectivity index (χ2n) is 5.64. The van der Waals surface area contributed by atoms with Crippen LogP contribution in [-0.4, -0.2) is 9.38 Å². The zero-order valence-corrected chi connectivity index (χ0v) is 13.1. The van der Waals surface area contributed by atoms with Gasteiger partial charge in [-0.2, -0.15) is 0 Å². The first-order valence-electron chi connectivity index (χ1n) is 7.58. The Hall–Kier alpha value is -3.01. The standard InChI is InChI=1S/C19H17N3O/c1-13-8-11-17-21-18(16-10-9-14(2)23-16)19(22(17)12-13)20-15-6-4-3-5-7-15/h3-12,20H,1-2H3. The fraction of sp³-hybridized carbons (Fsp3) is 0.105. The molecule has 0 aliphatic rings. The lowest BCUT2D eigenvalue weighted by atomic mass is 10.3. The largest absolute Gasteiger partial charge is 0.460 e. The van der Waals surface area contributed by atoms with Crippen LogP contribution in [0.2, 0.25) is 0 Å². The maximum absolute atomic E-state index is 5.79. The van der Waals surface area contributed by atoms with E-state index in [9.17, 15) is 0 Å². The molecule has 3 heterocycles. The molecule has 1 aromatic carbocycles. The molecule has 4 aromatic rings. The molecular weight excluding hydrogens is 286 g/mol. The maximum atomic E-state index is 5.79. The molecule has 0 atom stereocenters. The van der Waals surface area contributed by atoms with E-state index in [0.717, 1.165) is 34.4 Å². The van der Waals surface area contributed by atoms with E-state index in [1.165, 1.54) is 5.56 Å². The highest BCUT2D eigenvalue weighted by Gasteiger charge is 2.17. The summed E-state index contributed by atoms with van der Waals surface area (Å²) in [6.45, 7) is 4.01. The number of anilines is 2. The molecule has 0 unspecified atom stereocenters. The molecule has 23 heavy (non-hydrogen) atoms. The predicted octanol–water partition coefficient (Wildman–Crippen LogP) is 4.95. The molecule has 0 aliphatic heterocycles. The molecule has 4 heteroatoms. The van der Waals surface area contributed by atoms with Crippen LogP contribution in [0, 0.1) is 13.8 Å². The first-order chi connectivity index (χ1) is 11.2. The number of hydrogen-bond acceptors (Lipinski definition) is 3. The van der Waals surface area contributed by atoms with Gasteiger partial charge in [0, 0.05) is 11.9 Å². The summed E-state index contributed by atoms with van der Waals surface area (Å²) in [7, 11) is 0. The number of para-hydroxylation sites is 1. The van der Waals surface area contributed by atoms with Gasteiger partial charge in [-0.05, 0) is 49.7 Å². The van der Waals surface area contributed by atoms with Crippen molar-refractivity contribution >= 4 is 17.2 Å². The number of aromatic nitrogens is 2. The Kier molecular flexibility index (Phi) is 3.15. The van der Waals surface area contributed by atoms with E-state index in [1.807, 2.05) is 55.5 Å². The van der Waals surface area contributed by atoms with Gasteiger partial charge in [-0.3, -0.25) is 4.40 Å².